The van der Waals surface area contributed by atoms with Crippen LogP contribution in [0.1, 0.15) is 21.5 Å². The van der Waals surface area contributed by atoms with Gasteiger partial charge in [-0.05, 0) is 23.8 Å². The molecule has 0 amide bonds. The average molecular weight is 255 g/mol. The zero-order valence-electron chi connectivity index (χ0n) is 10.6. The molecule has 0 unspecified atom stereocenters. The summed E-state index contributed by atoms with van der Waals surface area (Å²) in [5.74, 6) is 0.908. The lowest BCUT2D eigenvalue weighted by Gasteiger charge is -2.09. The van der Waals surface area contributed by atoms with Crippen molar-refractivity contribution in [3.63, 3.8) is 0 Å². The third-order valence-electron chi connectivity index (χ3n) is 3.17. The van der Waals surface area contributed by atoms with Crippen molar-refractivity contribution < 1.29 is 14.3 Å². The minimum Gasteiger partial charge on any atom is -0.492 e. The summed E-state index contributed by atoms with van der Waals surface area (Å²) in [5, 5.41) is 0. The van der Waals surface area contributed by atoms with Gasteiger partial charge in [0.05, 0.1) is 24.8 Å². The van der Waals surface area contributed by atoms with Gasteiger partial charge in [0, 0.05) is 12.6 Å². The van der Waals surface area contributed by atoms with Crippen LogP contribution in [-0.4, -0.2) is 24.5 Å². The van der Waals surface area contributed by atoms with Gasteiger partial charge in [-0.3, -0.25) is 4.79 Å². The van der Waals surface area contributed by atoms with Crippen LogP contribution in [0.4, 0.5) is 0 Å². The van der Waals surface area contributed by atoms with Crippen LogP contribution in [0.5, 0.6) is 11.6 Å². The summed E-state index contributed by atoms with van der Waals surface area (Å²) in [6, 6.07) is 9.07. The summed E-state index contributed by atoms with van der Waals surface area (Å²) in [6.45, 7) is 0.629. The number of carbonyl (C=O) groups is 1. The van der Waals surface area contributed by atoms with Gasteiger partial charge in [0.25, 0.3) is 0 Å². The first-order chi connectivity index (χ1) is 9.31. The summed E-state index contributed by atoms with van der Waals surface area (Å²) in [5.41, 5.74) is 2.10. The van der Waals surface area contributed by atoms with Crippen LogP contribution in [0.3, 0.4) is 0 Å². The molecule has 0 radical (unpaired) electrons. The number of para-hydroxylation sites is 1. The van der Waals surface area contributed by atoms with Gasteiger partial charge in [-0.2, -0.15) is 0 Å². The molecule has 1 aromatic carbocycles. The molecular weight excluding hydrogens is 242 g/mol. The van der Waals surface area contributed by atoms with Crippen molar-refractivity contribution in [2.75, 3.05) is 13.7 Å². The summed E-state index contributed by atoms with van der Waals surface area (Å²) >= 11 is 0. The molecule has 0 fully saturated rings. The van der Waals surface area contributed by atoms with Crippen molar-refractivity contribution in [2.24, 2.45) is 0 Å². The fraction of sp³-hybridized carbons (Fsp3) is 0.200. The van der Waals surface area contributed by atoms with Gasteiger partial charge in [-0.15, -0.1) is 0 Å². The van der Waals surface area contributed by atoms with Gasteiger partial charge >= 0.3 is 0 Å². The number of carbonyl (C=O) groups excluding carboxylic acids is 1. The largest absolute Gasteiger partial charge is 0.492 e. The van der Waals surface area contributed by atoms with Crippen molar-refractivity contribution in [1.82, 2.24) is 4.98 Å². The third-order valence-corrected chi connectivity index (χ3v) is 3.17. The highest BCUT2D eigenvalue weighted by Crippen LogP contribution is 2.32. The SMILES string of the molecule is COc1ncccc1C(=O)c1cccc2c1OCC2. The van der Waals surface area contributed by atoms with E-state index in [1.165, 1.54) is 7.11 Å². The standard InChI is InChI=1S/C15H13NO3/c1-18-15-12(6-3-8-16-15)13(17)11-5-2-4-10-7-9-19-14(10)11/h2-6,8H,7,9H2,1H3. The number of methoxy groups -OCH3 is 1. The van der Waals surface area contributed by atoms with Gasteiger partial charge in [0.15, 0.2) is 0 Å². The van der Waals surface area contributed by atoms with Crippen molar-refractivity contribution in [3.05, 3.63) is 53.2 Å². The Morgan fingerprint density at radius 2 is 2.11 bits per heavy atom. The number of ether oxygens (including phenoxy) is 2. The Morgan fingerprint density at radius 1 is 1.26 bits per heavy atom. The minimum absolute atomic E-state index is 0.122. The highest BCUT2D eigenvalue weighted by Gasteiger charge is 2.23. The number of rotatable bonds is 3. The molecule has 0 saturated carbocycles. The van der Waals surface area contributed by atoms with E-state index in [1.807, 2.05) is 12.1 Å². The molecule has 0 N–H and O–H groups in total. The van der Waals surface area contributed by atoms with Gasteiger partial charge in [-0.1, -0.05) is 12.1 Å². The molecule has 96 valence electrons. The van der Waals surface area contributed by atoms with E-state index in [-0.39, 0.29) is 5.78 Å². The van der Waals surface area contributed by atoms with E-state index in [1.54, 1.807) is 24.4 Å². The van der Waals surface area contributed by atoms with Crippen molar-refractivity contribution in [1.29, 1.82) is 0 Å². The molecule has 0 bridgehead atoms. The number of nitrogens with zero attached hydrogens (tertiary/aromatic N) is 1. The molecule has 4 nitrogen and oxygen atoms in total. The molecule has 1 aliphatic rings. The van der Waals surface area contributed by atoms with E-state index in [0.29, 0.717) is 29.4 Å². The maximum atomic E-state index is 12.6. The smallest absolute Gasteiger partial charge is 0.224 e. The maximum absolute atomic E-state index is 12.6. The van der Waals surface area contributed by atoms with E-state index in [2.05, 4.69) is 4.98 Å². The van der Waals surface area contributed by atoms with Crippen LogP contribution < -0.4 is 9.47 Å². The van der Waals surface area contributed by atoms with Gasteiger partial charge in [0.1, 0.15) is 5.75 Å². The summed E-state index contributed by atoms with van der Waals surface area (Å²) in [7, 11) is 1.50. The van der Waals surface area contributed by atoms with Gasteiger partial charge in [0.2, 0.25) is 11.7 Å². The number of ketones is 1. The number of hydrogen-bond donors (Lipinski definition) is 0. The second-order valence-electron chi connectivity index (χ2n) is 4.28. The Labute approximate surface area is 111 Å². The number of fused-ring (bicyclic) bond motifs is 1. The van der Waals surface area contributed by atoms with Gasteiger partial charge < -0.3 is 9.47 Å². The molecule has 2 aromatic rings. The molecule has 0 aliphatic carbocycles. The minimum atomic E-state index is -0.122. The lowest BCUT2D eigenvalue weighted by atomic mass is 10.0. The highest BCUT2D eigenvalue weighted by atomic mass is 16.5. The predicted octanol–water partition coefficient (Wildman–Crippen LogP) is 2.26. The Balaban J connectivity index is 2.08. The second kappa shape index (κ2) is 4.72. The average Bonchev–Trinajstić information content (AvgIpc) is 2.94. The van der Waals surface area contributed by atoms with E-state index >= 15 is 0 Å². The lowest BCUT2D eigenvalue weighted by molar-refractivity contribution is 0.103. The molecule has 0 spiro atoms. The van der Waals surface area contributed by atoms with Crippen LogP contribution in [0, 0.1) is 0 Å². The number of hydrogen-bond acceptors (Lipinski definition) is 4. The molecule has 1 aliphatic heterocycles. The first-order valence-electron chi connectivity index (χ1n) is 6.09. The third kappa shape index (κ3) is 1.95. The summed E-state index contributed by atoms with van der Waals surface area (Å²) in [6.07, 6.45) is 2.45. The molecule has 0 atom stereocenters. The van der Waals surface area contributed by atoms with Crippen molar-refractivity contribution in [2.45, 2.75) is 6.42 Å². The lowest BCUT2D eigenvalue weighted by Crippen LogP contribution is -2.06. The Bertz CT molecular complexity index is 637. The van der Waals surface area contributed by atoms with Crippen LogP contribution in [-0.2, 0) is 6.42 Å². The fourth-order valence-corrected chi connectivity index (χ4v) is 2.27. The summed E-state index contributed by atoms with van der Waals surface area (Å²) in [4.78, 5) is 16.6. The second-order valence-corrected chi connectivity index (χ2v) is 4.28. The number of pyridine rings is 1. The Morgan fingerprint density at radius 3 is 2.95 bits per heavy atom. The monoisotopic (exact) mass is 255 g/mol. The maximum Gasteiger partial charge on any atom is 0.224 e. The first kappa shape index (κ1) is 11.7. The molecule has 3 rings (SSSR count). The predicted molar refractivity (Wildman–Crippen MR) is 69.9 cm³/mol. The molecule has 2 heterocycles. The molecular formula is C15H13NO3. The van der Waals surface area contributed by atoms with E-state index in [9.17, 15) is 4.79 Å². The zero-order chi connectivity index (χ0) is 13.2. The topological polar surface area (TPSA) is 48.4 Å². The van der Waals surface area contributed by atoms with E-state index < -0.39 is 0 Å². The van der Waals surface area contributed by atoms with Crippen molar-refractivity contribution in [3.8, 4) is 11.6 Å². The fourth-order valence-electron chi connectivity index (χ4n) is 2.27. The normalized spacial score (nSPS) is 12.7. The zero-order valence-corrected chi connectivity index (χ0v) is 10.6. The van der Waals surface area contributed by atoms with E-state index in [0.717, 1.165) is 12.0 Å². The van der Waals surface area contributed by atoms with Crippen LogP contribution in [0.25, 0.3) is 0 Å². The van der Waals surface area contributed by atoms with Crippen LogP contribution >= 0.6 is 0 Å². The van der Waals surface area contributed by atoms with E-state index in [4.69, 9.17) is 9.47 Å². The van der Waals surface area contributed by atoms with Gasteiger partial charge in [-0.25, -0.2) is 4.98 Å². The molecule has 1 aromatic heterocycles. The Hall–Kier alpha value is -2.36. The molecule has 0 saturated heterocycles. The highest BCUT2D eigenvalue weighted by molar-refractivity contribution is 6.12. The van der Waals surface area contributed by atoms with Crippen LogP contribution in [0.15, 0.2) is 36.5 Å². The van der Waals surface area contributed by atoms with Crippen LogP contribution in [0.2, 0.25) is 0 Å². The quantitative estimate of drug-likeness (QED) is 0.789. The molecule has 4 heteroatoms. The number of aromatic nitrogens is 1. The summed E-state index contributed by atoms with van der Waals surface area (Å²) < 4.78 is 10.7. The Kier molecular flexibility index (Phi) is 2.91. The first-order valence-corrected chi connectivity index (χ1v) is 6.09. The van der Waals surface area contributed by atoms with Crippen molar-refractivity contribution >= 4 is 5.78 Å². The molecule has 19 heavy (non-hydrogen) atoms. The number of benzene rings is 1.